The second-order valence-electron chi connectivity index (χ2n) is 12.4. The van der Waals surface area contributed by atoms with Crippen molar-refractivity contribution in [3.05, 3.63) is 57.6 Å². The maximum absolute atomic E-state index is 13.5. The van der Waals surface area contributed by atoms with Gasteiger partial charge in [-0.2, -0.15) is 13.2 Å². The molecule has 2 aromatic carbocycles. The third-order valence-corrected chi connectivity index (χ3v) is 8.55. The lowest BCUT2D eigenvalue weighted by molar-refractivity contribution is -0.138. The molecule has 2 heterocycles. The Hall–Kier alpha value is -2.49. The number of carbonyl (C=O) groups is 1. The van der Waals surface area contributed by atoms with Crippen molar-refractivity contribution in [1.29, 1.82) is 0 Å². The normalized spacial score (nSPS) is 19.6. The molecule has 0 spiro atoms. The highest BCUT2D eigenvalue weighted by Crippen LogP contribution is 2.42. The van der Waals surface area contributed by atoms with Crippen molar-refractivity contribution < 1.29 is 32.5 Å². The number of piperidine rings is 1. The number of nitrogens with zero attached hydrogens (tertiary/aromatic N) is 2. The van der Waals surface area contributed by atoms with Gasteiger partial charge in [-0.25, -0.2) is 0 Å². The van der Waals surface area contributed by atoms with Crippen LogP contribution in [0.25, 0.3) is 0 Å². The SMILES string of the molecule is COc1cc2c(cc1OC)C(CCN1CCC(O)(c3ccc(Cl)c(C(F)(F)F)c3)CC1)N(C(=O)CC(C)(C)C)CC2. The number of likely N-dealkylation sites (tertiary alicyclic amines) is 1. The number of methoxy groups -OCH3 is 2. The van der Waals surface area contributed by atoms with E-state index in [0.717, 1.165) is 23.6 Å². The third-order valence-electron chi connectivity index (χ3n) is 8.22. The van der Waals surface area contributed by atoms with Gasteiger partial charge in [-0.15, -0.1) is 0 Å². The Labute approximate surface area is 245 Å². The van der Waals surface area contributed by atoms with Crippen molar-refractivity contribution in [1.82, 2.24) is 9.80 Å². The number of fused-ring (bicyclic) bond motifs is 1. The van der Waals surface area contributed by atoms with Gasteiger partial charge < -0.3 is 24.4 Å². The number of hydrogen-bond acceptors (Lipinski definition) is 5. The van der Waals surface area contributed by atoms with E-state index in [1.165, 1.54) is 12.1 Å². The first kappa shape index (κ1) is 31.4. The van der Waals surface area contributed by atoms with Crippen LogP contribution in [0.15, 0.2) is 30.3 Å². The predicted octanol–water partition coefficient (Wildman–Crippen LogP) is 6.61. The highest BCUT2D eigenvalue weighted by atomic mass is 35.5. The van der Waals surface area contributed by atoms with Crippen LogP contribution >= 0.6 is 11.6 Å². The van der Waals surface area contributed by atoms with Crippen LogP contribution in [0.4, 0.5) is 13.2 Å². The topological polar surface area (TPSA) is 62.2 Å². The lowest BCUT2D eigenvalue weighted by Crippen LogP contribution is -2.45. The maximum Gasteiger partial charge on any atom is 0.417 e. The number of amides is 1. The minimum Gasteiger partial charge on any atom is -0.493 e. The number of aliphatic hydroxyl groups is 1. The number of carbonyl (C=O) groups excluding carboxylic acids is 1. The average molecular weight is 597 g/mol. The molecular weight excluding hydrogens is 557 g/mol. The summed E-state index contributed by atoms with van der Waals surface area (Å²) in [6.45, 7) is 8.47. The summed E-state index contributed by atoms with van der Waals surface area (Å²) in [5.74, 6) is 1.38. The fourth-order valence-corrected chi connectivity index (χ4v) is 6.19. The molecule has 2 aliphatic rings. The first-order chi connectivity index (χ1) is 19.1. The third kappa shape index (κ3) is 7.12. The van der Waals surface area contributed by atoms with Crippen LogP contribution < -0.4 is 9.47 Å². The van der Waals surface area contributed by atoms with Gasteiger partial charge in [0.1, 0.15) is 0 Å². The van der Waals surface area contributed by atoms with E-state index in [9.17, 15) is 23.1 Å². The molecule has 1 saturated heterocycles. The summed E-state index contributed by atoms with van der Waals surface area (Å²) in [5.41, 5.74) is -0.0402. The Morgan fingerprint density at radius 3 is 2.27 bits per heavy atom. The maximum atomic E-state index is 13.5. The molecule has 1 atom stereocenters. The molecule has 0 aliphatic carbocycles. The molecule has 41 heavy (non-hydrogen) atoms. The highest BCUT2D eigenvalue weighted by molar-refractivity contribution is 6.31. The number of rotatable bonds is 7. The molecule has 10 heteroatoms. The molecular formula is C31H40ClF3N2O4. The van der Waals surface area contributed by atoms with Crippen molar-refractivity contribution in [2.75, 3.05) is 40.4 Å². The number of benzene rings is 2. The van der Waals surface area contributed by atoms with E-state index >= 15 is 0 Å². The Morgan fingerprint density at radius 2 is 1.68 bits per heavy atom. The van der Waals surface area contributed by atoms with Crippen LogP contribution in [0.2, 0.25) is 5.02 Å². The molecule has 4 rings (SSSR count). The molecule has 0 radical (unpaired) electrons. The summed E-state index contributed by atoms with van der Waals surface area (Å²) in [6.07, 6.45) is -2.17. The second kappa shape index (κ2) is 12.0. The van der Waals surface area contributed by atoms with Crippen molar-refractivity contribution >= 4 is 17.5 Å². The van der Waals surface area contributed by atoms with Crippen LogP contribution in [0, 0.1) is 5.41 Å². The molecule has 2 aromatic rings. The van der Waals surface area contributed by atoms with Crippen LogP contribution in [0.3, 0.4) is 0 Å². The minimum absolute atomic E-state index is 0.110. The minimum atomic E-state index is -4.59. The van der Waals surface area contributed by atoms with Gasteiger partial charge in [0.2, 0.25) is 5.91 Å². The van der Waals surface area contributed by atoms with Crippen molar-refractivity contribution in [3.8, 4) is 11.5 Å². The van der Waals surface area contributed by atoms with E-state index < -0.39 is 17.3 Å². The van der Waals surface area contributed by atoms with Gasteiger partial charge in [0.05, 0.1) is 36.4 Å². The first-order valence-corrected chi connectivity index (χ1v) is 14.4. The van der Waals surface area contributed by atoms with Crippen LogP contribution in [0.1, 0.15) is 74.8 Å². The fraction of sp³-hybridized carbons (Fsp3) is 0.581. The van der Waals surface area contributed by atoms with Gasteiger partial charge >= 0.3 is 6.18 Å². The van der Waals surface area contributed by atoms with E-state index in [-0.39, 0.29) is 28.0 Å². The van der Waals surface area contributed by atoms with Crippen LogP contribution in [0.5, 0.6) is 11.5 Å². The molecule has 1 amide bonds. The summed E-state index contributed by atoms with van der Waals surface area (Å²) in [4.78, 5) is 17.6. The summed E-state index contributed by atoms with van der Waals surface area (Å²) in [6, 6.07) is 7.47. The number of halogens is 4. The van der Waals surface area contributed by atoms with E-state index in [4.69, 9.17) is 21.1 Å². The van der Waals surface area contributed by atoms with Gasteiger partial charge in [-0.05, 0) is 72.1 Å². The molecule has 1 unspecified atom stereocenters. The quantitative estimate of drug-likeness (QED) is 0.390. The fourth-order valence-electron chi connectivity index (χ4n) is 5.97. The van der Waals surface area contributed by atoms with Crippen molar-refractivity contribution in [2.45, 2.75) is 70.7 Å². The van der Waals surface area contributed by atoms with Gasteiger partial charge in [0.15, 0.2) is 11.5 Å². The van der Waals surface area contributed by atoms with Gasteiger partial charge in [0.25, 0.3) is 0 Å². The monoisotopic (exact) mass is 596 g/mol. The van der Waals surface area contributed by atoms with E-state index in [0.29, 0.717) is 63.4 Å². The Bertz CT molecular complexity index is 1250. The van der Waals surface area contributed by atoms with E-state index in [1.807, 2.05) is 17.0 Å². The number of ether oxygens (including phenoxy) is 2. The summed E-state index contributed by atoms with van der Waals surface area (Å²) in [5, 5.41) is 10.9. The molecule has 6 nitrogen and oxygen atoms in total. The Morgan fingerprint density at radius 1 is 1.05 bits per heavy atom. The van der Waals surface area contributed by atoms with Gasteiger partial charge in [-0.1, -0.05) is 38.4 Å². The Kier molecular flexibility index (Phi) is 9.21. The average Bonchev–Trinajstić information content (AvgIpc) is 2.90. The number of alkyl halides is 3. The van der Waals surface area contributed by atoms with E-state index in [1.54, 1.807) is 14.2 Å². The zero-order valence-electron chi connectivity index (χ0n) is 24.4. The molecule has 2 aliphatic heterocycles. The molecule has 0 bridgehead atoms. The molecule has 0 saturated carbocycles. The molecule has 226 valence electrons. The highest BCUT2D eigenvalue weighted by Gasteiger charge is 2.39. The first-order valence-electron chi connectivity index (χ1n) is 14.0. The molecule has 0 aromatic heterocycles. The smallest absolute Gasteiger partial charge is 0.417 e. The van der Waals surface area contributed by atoms with Crippen molar-refractivity contribution in [3.63, 3.8) is 0 Å². The summed E-state index contributed by atoms with van der Waals surface area (Å²) in [7, 11) is 3.20. The van der Waals surface area contributed by atoms with Gasteiger partial charge in [0, 0.05) is 32.6 Å². The Balaban J connectivity index is 1.51. The van der Waals surface area contributed by atoms with Crippen molar-refractivity contribution in [2.24, 2.45) is 5.41 Å². The molecule has 1 fully saturated rings. The second-order valence-corrected chi connectivity index (χ2v) is 12.8. The lowest BCUT2D eigenvalue weighted by atomic mass is 9.83. The summed E-state index contributed by atoms with van der Waals surface area (Å²) >= 11 is 5.79. The van der Waals surface area contributed by atoms with Crippen LogP contribution in [-0.2, 0) is 23.0 Å². The zero-order valence-corrected chi connectivity index (χ0v) is 25.2. The lowest BCUT2D eigenvalue weighted by Gasteiger charge is -2.42. The zero-order chi connectivity index (χ0) is 30.2. The summed E-state index contributed by atoms with van der Waals surface area (Å²) < 4.78 is 51.3. The van der Waals surface area contributed by atoms with E-state index in [2.05, 4.69) is 25.7 Å². The predicted molar refractivity (Wildman–Crippen MR) is 152 cm³/mol. The standard InChI is InChI=1S/C31H40ClF3N2O4/c1-29(2,3)19-28(38)37-13-8-20-16-26(40-4)27(41-5)18-22(20)25(37)9-12-36-14-10-30(39,11-15-36)21-6-7-24(32)23(17-21)31(33,34)35/h6-7,16-18,25,39H,8-15,19H2,1-5H3. The molecule has 1 N–H and O–H groups in total. The van der Waals surface area contributed by atoms with Gasteiger partial charge in [-0.3, -0.25) is 4.79 Å². The van der Waals surface area contributed by atoms with Crippen LogP contribution in [-0.4, -0.2) is 61.2 Å². The largest absolute Gasteiger partial charge is 0.493 e. The number of hydrogen-bond donors (Lipinski definition) is 1.